The zero-order valence-corrected chi connectivity index (χ0v) is 12.9. The van der Waals surface area contributed by atoms with Crippen molar-refractivity contribution in [1.82, 2.24) is 5.32 Å². The topological polar surface area (TPSA) is 101 Å². The van der Waals surface area contributed by atoms with Crippen LogP contribution in [0.1, 0.15) is 23.7 Å². The molecule has 1 rings (SSSR count). The molecule has 1 aromatic carbocycles. The van der Waals surface area contributed by atoms with Crippen LogP contribution in [-0.2, 0) is 10.8 Å². The van der Waals surface area contributed by atoms with Gasteiger partial charge in [-0.05, 0) is 25.5 Å². The molecule has 0 aromatic heterocycles. The SMILES string of the molecule is CCNc1ccc([N+](=O)[O-])c(C(=O)NCCCS(C)=O)c1. The standard InChI is InChI=1S/C13H19N3O4S/c1-3-14-10-5-6-12(16(18)19)11(9-10)13(17)15-7-4-8-21(2)20/h5-6,9,14H,3-4,7-8H2,1-2H3,(H,15,17). The van der Waals surface area contributed by atoms with Crippen LogP contribution in [0.25, 0.3) is 0 Å². The second-order valence-corrected chi connectivity index (χ2v) is 5.96. The van der Waals surface area contributed by atoms with Gasteiger partial charge in [-0.2, -0.15) is 0 Å². The normalized spacial score (nSPS) is 11.7. The molecule has 0 heterocycles. The highest BCUT2D eigenvalue weighted by Gasteiger charge is 2.20. The summed E-state index contributed by atoms with van der Waals surface area (Å²) in [5, 5.41) is 16.6. The van der Waals surface area contributed by atoms with E-state index in [4.69, 9.17) is 0 Å². The van der Waals surface area contributed by atoms with E-state index in [2.05, 4.69) is 10.6 Å². The fourth-order valence-electron chi connectivity index (χ4n) is 1.76. The fraction of sp³-hybridized carbons (Fsp3) is 0.462. The molecule has 7 nitrogen and oxygen atoms in total. The molecule has 1 atom stereocenters. The second kappa shape index (κ2) is 8.35. The number of benzene rings is 1. The van der Waals surface area contributed by atoms with Crippen LogP contribution in [0.5, 0.6) is 0 Å². The first-order valence-corrected chi connectivity index (χ1v) is 8.29. The van der Waals surface area contributed by atoms with E-state index in [0.29, 0.717) is 31.0 Å². The molecular formula is C13H19N3O4S. The Hall–Kier alpha value is -1.96. The van der Waals surface area contributed by atoms with Crippen LogP contribution in [0.3, 0.4) is 0 Å². The lowest BCUT2D eigenvalue weighted by molar-refractivity contribution is -0.385. The molecule has 0 bridgehead atoms. The largest absolute Gasteiger partial charge is 0.385 e. The van der Waals surface area contributed by atoms with Crippen molar-refractivity contribution in [2.45, 2.75) is 13.3 Å². The lowest BCUT2D eigenvalue weighted by Gasteiger charge is -2.08. The van der Waals surface area contributed by atoms with Gasteiger partial charge < -0.3 is 10.6 Å². The van der Waals surface area contributed by atoms with Gasteiger partial charge in [-0.25, -0.2) is 0 Å². The quantitative estimate of drug-likeness (QED) is 0.430. The average molecular weight is 313 g/mol. The predicted molar refractivity (Wildman–Crippen MR) is 83.1 cm³/mol. The summed E-state index contributed by atoms with van der Waals surface area (Å²) in [7, 11) is -0.912. The van der Waals surface area contributed by atoms with Crippen LogP contribution in [0.2, 0.25) is 0 Å². The first-order valence-electron chi connectivity index (χ1n) is 6.56. The Labute approximate surface area is 125 Å². The van der Waals surface area contributed by atoms with Gasteiger partial charge in [0.2, 0.25) is 0 Å². The van der Waals surface area contributed by atoms with Gasteiger partial charge in [-0.3, -0.25) is 19.1 Å². The Morgan fingerprint density at radius 2 is 2.14 bits per heavy atom. The average Bonchev–Trinajstić information content (AvgIpc) is 2.43. The van der Waals surface area contributed by atoms with Crippen molar-refractivity contribution in [3.05, 3.63) is 33.9 Å². The summed E-state index contributed by atoms with van der Waals surface area (Å²) in [5.74, 6) is -0.0110. The van der Waals surface area contributed by atoms with E-state index in [1.54, 1.807) is 12.3 Å². The molecule has 1 unspecified atom stereocenters. The van der Waals surface area contributed by atoms with Gasteiger partial charge in [0, 0.05) is 47.7 Å². The third kappa shape index (κ3) is 5.50. The van der Waals surface area contributed by atoms with Gasteiger partial charge >= 0.3 is 0 Å². The maximum atomic E-state index is 12.1. The number of nitro benzene ring substituents is 1. The summed E-state index contributed by atoms with van der Waals surface area (Å²) in [6.45, 7) is 2.88. The molecule has 21 heavy (non-hydrogen) atoms. The van der Waals surface area contributed by atoms with Crippen LogP contribution < -0.4 is 10.6 Å². The molecule has 0 spiro atoms. The Morgan fingerprint density at radius 1 is 1.43 bits per heavy atom. The molecule has 1 aromatic rings. The maximum absolute atomic E-state index is 12.1. The van der Waals surface area contributed by atoms with Gasteiger partial charge in [0.25, 0.3) is 11.6 Å². The Bertz CT molecular complexity index is 548. The molecule has 1 amide bonds. The summed E-state index contributed by atoms with van der Waals surface area (Å²) in [6.07, 6.45) is 2.15. The lowest BCUT2D eigenvalue weighted by atomic mass is 10.1. The van der Waals surface area contributed by atoms with Crippen LogP contribution in [0, 0.1) is 10.1 Å². The number of carbonyl (C=O) groups is 1. The molecule has 0 radical (unpaired) electrons. The van der Waals surface area contributed by atoms with Crippen molar-refractivity contribution in [2.75, 3.05) is 30.4 Å². The summed E-state index contributed by atoms with van der Waals surface area (Å²) < 4.78 is 10.9. The molecule has 0 aliphatic rings. The zero-order chi connectivity index (χ0) is 15.8. The van der Waals surface area contributed by atoms with Crippen molar-refractivity contribution >= 4 is 28.1 Å². The highest BCUT2D eigenvalue weighted by atomic mass is 32.2. The predicted octanol–water partition coefficient (Wildman–Crippen LogP) is 1.52. The van der Waals surface area contributed by atoms with E-state index in [0.717, 1.165) is 0 Å². The number of nitrogens with zero attached hydrogens (tertiary/aromatic N) is 1. The van der Waals surface area contributed by atoms with Crippen molar-refractivity contribution < 1.29 is 13.9 Å². The minimum absolute atomic E-state index is 0.0241. The number of rotatable bonds is 8. The van der Waals surface area contributed by atoms with Gasteiger partial charge in [0.15, 0.2) is 0 Å². The molecule has 0 aliphatic carbocycles. The number of nitro groups is 1. The van der Waals surface area contributed by atoms with Crippen LogP contribution in [-0.4, -0.2) is 40.1 Å². The minimum atomic E-state index is -0.912. The van der Waals surface area contributed by atoms with E-state index in [9.17, 15) is 19.1 Å². The number of carbonyl (C=O) groups excluding carboxylic acids is 1. The number of anilines is 1. The lowest BCUT2D eigenvalue weighted by Crippen LogP contribution is -2.26. The molecule has 0 saturated carbocycles. The van der Waals surface area contributed by atoms with E-state index >= 15 is 0 Å². The molecule has 0 aliphatic heterocycles. The van der Waals surface area contributed by atoms with Crippen LogP contribution in [0.15, 0.2) is 18.2 Å². The molecule has 0 fully saturated rings. The van der Waals surface area contributed by atoms with E-state index < -0.39 is 21.6 Å². The van der Waals surface area contributed by atoms with Crippen molar-refractivity contribution in [2.24, 2.45) is 0 Å². The smallest absolute Gasteiger partial charge is 0.282 e. The van der Waals surface area contributed by atoms with E-state index in [1.165, 1.54) is 12.1 Å². The highest BCUT2D eigenvalue weighted by Crippen LogP contribution is 2.22. The van der Waals surface area contributed by atoms with E-state index in [1.807, 2.05) is 6.92 Å². The maximum Gasteiger partial charge on any atom is 0.282 e. The fourth-order valence-corrected chi connectivity index (χ4v) is 2.31. The second-order valence-electron chi connectivity index (χ2n) is 4.41. The van der Waals surface area contributed by atoms with Gasteiger partial charge in [-0.1, -0.05) is 0 Å². The van der Waals surface area contributed by atoms with Crippen molar-refractivity contribution in [1.29, 1.82) is 0 Å². The summed E-state index contributed by atoms with van der Waals surface area (Å²) in [5.41, 5.74) is 0.451. The van der Waals surface area contributed by atoms with Crippen LogP contribution in [0.4, 0.5) is 11.4 Å². The molecule has 8 heteroatoms. The molecule has 116 valence electrons. The number of amides is 1. The zero-order valence-electron chi connectivity index (χ0n) is 12.0. The van der Waals surface area contributed by atoms with E-state index in [-0.39, 0.29) is 11.3 Å². The summed E-state index contributed by atoms with van der Waals surface area (Å²) in [6, 6.07) is 4.35. The number of hydrogen-bond acceptors (Lipinski definition) is 5. The number of hydrogen-bond donors (Lipinski definition) is 2. The minimum Gasteiger partial charge on any atom is -0.385 e. The third-order valence-electron chi connectivity index (χ3n) is 2.71. The highest BCUT2D eigenvalue weighted by molar-refractivity contribution is 7.84. The first-order chi connectivity index (χ1) is 9.95. The van der Waals surface area contributed by atoms with Crippen LogP contribution >= 0.6 is 0 Å². The number of nitrogens with one attached hydrogen (secondary N) is 2. The molecule has 2 N–H and O–H groups in total. The van der Waals surface area contributed by atoms with Gasteiger partial charge in [0.05, 0.1) is 4.92 Å². The van der Waals surface area contributed by atoms with Crippen molar-refractivity contribution in [3.8, 4) is 0 Å². The monoisotopic (exact) mass is 313 g/mol. The molecular weight excluding hydrogens is 294 g/mol. The molecule has 0 saturated heterocycles. The Kier molecular flexibility index (Phi) is 6.80. The van der Waals surface area contributed by atoms with Crippen molar-refractivity contribution in [3.63, 3.8) is 0 Å². The van der Waals surface area contributed by atoms with Gasteiger partial charge in [0.1, 0.15) is 5.56 Å². The third-order valence-corrected chi connectivity index (χ3v) is 3.58. The van der Waals surface area contributed by atoms with Gasteiger partial charge in [-0.15, -0.1) is 0 Å². The Balaban J connectivity index is 2.82. The summed E-state index contributed by atoms with van der Waals surface area (Å²) >= 11 is 0. The Morgan fingerprint density at radius 3 is 2.71 bits per heavy atom. The first kappa shape index (κ1) is 17.1. The summed E-state index contributed by atoms with van der Waals surface area (Å²) in [4.78, 5) is 22.5.